The minimum Gasteiger partial charge on any atom is -0.385 e. The summed E-state index contributed by atoms with van der Waals surface area (Å²) in [6.45, 7) is 2.98. The number of aromatic amines is 1. The molecular formula is C14H18N4O2S. The molecule has 1 aliphatic rings. The summed E-state index contributed by atoms with van der Waals surface area (Å²) >= 11 is 0. The number of H-pyrrole nitrogens is 1. The van der Waals surface area contributed by atoms with Gasteiger partial charge < -0.3 is 5.32 Å². The quantitative estimate of drug-likeness (QED) is 0.800. The first-order chi connectivity index (χ1) is 10.1. The van der Waals surface area contributed by atoms with Crippen LogP contribution in [0.1, 0.15) is 23.2 Å². The molecule has 0 aliphatic carbocycles. The summed E-state index contributed by atoms with van der Waals surface area (Å²) in [5.41, 5.74) is 3.80. The molecule has 112 valence electrons. The molecule has 0 atom stereocenters. The molecule has 1 aromatic carbocycles. The largest absolute Gasteiger partial charge is 0.385 e. The van der Waals surface area contributed by atoms with Gasteiger partial charge in [0.15, 0.2) is 0 Å². The van der Waals surface area contributed by atoms with Crippen molar-refractivity contribution in [2.24, 2.45) is 0 Å². The molecule has 6 nitrogen and oxygen atoms in total. The minimum absolute atomic E-state index is 0.231. The molecule has 0 spiro atoms. The Hall–Kier alpha value is -1.86. The number of nitrogens with one attached hydrogen (secondary N) is 3. The van der Waals surface area contributed by atoms with Crippen LogP contribution in [0.25, 0.3) is 0 Å². The number of fused-ring (bicyclic) bond motifs is 1. The van der Waals surface area contributed by atoms with Crippen LogP contribution in [0.4, 0.5) is 5.69 Å². The van der Waals surface area contributed by atoms with Crippen molar-refractivity contribution < 1.29 is 8.42 Å². The number of hydrogen-bond acceptors (Lipinski definition) is 4. The number of sulfonamides is 1. The Morgan fingerprint density at radius 2 is 2.24 bits per heavy atom. The molecule has 0 fully saturated rings. The molecule has 21 heavy (non-hydrogen) atoms. The van der Waals surface area contributed by atoms with E-state index >= 15 is 0 Å². The van der Waals surface area contributed by atoms with Gasteiger partial charge in [0.05, 0.1) is 11.1 Å². The van der Waals surface area contributed by atoms with Crippen molar-refractivity contribution in [1.82, 2.24) is 14.9 Å². The topological polar surface area (TPSA) is 86.9 Å². The molecule has 7 heteroatoms. The first-order valence-electron chi connectivity index (χ1n) is 6.91. The summed E-state index contributed by atoms with van der Waals surface area (Å²) in [5.74, 6) is 0. The summed E-state index contributed by atoms with van der Waals surface area (Å²) in [7, 11) is -3.52. The lowest BCUT2D eigenvalue weighted by Gasteiger charge is -2.18. The summed E-state index contributed by atoms with van der Waals surface area (Å²) in [6.07, 6.45) is 3.70. The van der Waals surface area contributed by atoms with E-state index in [9.17, 15) is 8.42 Å². The van der Waals surface area contributed by atoms with E-state index in [1.54, 1.807) is 18.3 Å². The second kappa shape index (κ2) is 5.50. The van der Waals surface area contributed by atoms with E-state index < -0.39 is 10.0 Å². The second-order valence-electron chi connectivity index (χ2n) is 5.19. The highest BCUT2D eigenvalue weighted by Crippen LogP contribution is 2.25. The van der Waals surface area contributed by atoms with E-state index in [0.717, 1.165) is 36.3 Å². The average molecular weight is 306 g/mol. The van der Waals surface area contributed by atoms with Crippen LogP contribution in [0.15, 0.2) is 29.3 Å². The molecular weight excluding hydrogens is 288 g/mol. The van der Waals surface area contributed by atoms with Crippen LogP contribution >= 0.6 is 0 Å². The van der Waals surface area contributed by atoms with Crippen molar-refractivity contribution >= 4 is 15.7 Å². The van der Waals surface area contributed by atoms with Gasteiger partial charge in [0.25, 0.3) is 0 Å². The lowest BCUT2D eigenvalue weighted by atomic mass is 10.0. The first kappa shape index (κ1) is 14.1. The lowest BCUT2D eigenvalue weighted by Crippen LogP contribution is -2.24. The van der Waals surface area contributed by atoms with Crippen LogP contribution in [-0.2, 0) is 23.0 Å². The molecule has 2 aromatic rings. The van der Waals surface area contributed by atoms with E-state index in [4.69, 9.17) is 0 Å². The predicted molar refractivity (Wildman–Crippen MR) is 80.6 cm³/mol. The zero-order chi connectivity index (χ0) is 14.9. The molecule has 0 saturated heterocycles. The second-order valence-corrected chi connectivity index (χ2v) is 6.96. The Balaban J connectivity index is 1.80. The Bertz CT molecular complexity index is 752. The van der Waals surface area contributed by atoms with Crippen molar-refractivity contribution in [2.75, 3.05) is 11.9 Å². The van der Waals surface area contributed by atoms with Gasteiger partial charge in [0.1, 0.15) is 0 Å². The standard InChI is InChI=1S/C14H18N4O2S/c1-10-12(8-16-18-10)9-17-21(19,20)13-5-4-11-3-2-6-15-14(11)7-13/h4-5,7-8,15,17H,2-3,6,9H2,1H3,(H,16,18). The van der Waals surface area contributed by atoms with Crippen molar-refractivity contribution in [3.8, 4) is 0 Å². The van der Waals surface area contributed by atoms with Crippen LogP contribution in [-0.4, -0.2) is 25.2 Å². The number of benzene rings is 1. The Morgan fingerprint density at radius 1 is 1.38 bits per heavy atom. The van der Waals surface area contributed by atoms with Crippen LogP contribution < -0.4 is 10.0 Å². The molecule has 0 radical (unpaired) electrons. The third-order valence-corrected chi connectivity index (χ3v) is 5.12. The summed E-state index contributed by atoms with van der Waals surface area (Å²) in [6, 6.07) is 5.26. The number of nitrogens with zero attached hydrogens (tertiary/aromatic N) is 1. The molecule has 3 rings (SSSR count). The number of aryl methyl sites for hydroxylation is 2. The Morgan fingerprint density at radius 3 is 3.00 bits per heavy atom. The van der Waals surface area contributed by atoms with Crippen LogP contribution in [0.2, 0.25) is 0 Å². The number of rotatable bonds is 4. The number of hydrogen-bond donors (Lipinski definition) is 3. The van der Waals surface area contributed by atoms with Gasteiger partial charge >= 0.3 is 0 Å². The van der Waals surface area contributed by atoms with Crippen LogP contribution in [0.3, 0.4) is 0 Å². The number of aromatic nitrogens is 2. The lowest BCUT2D eigenvalue weighted by molar-refractivity contribution is 0.581. The monoisotopic (exact) mass is 306 g/mol. The molecule has 3 N–H and O–H groups in total. The normalized spacial score (nSPS) is 14.5. The van der Waals surface area contributed by atoms with Crippen LogP contribution in [0.5, 0.6) is 0 Å². The van der Waals surface area contributed by atoms with Gasteiger partial charge in [-0.2, -0.15) is 5.10 Å². The van der Waals surface area contributed by atoms with Gasteiger partial charge in [-0.25, -0.2) is 13.1 Å². The van der Waals surface area contributed by atoms with E-state index in [1.807, 2.05) is 13.0 Å². The van der Waals surface area contributed by atoms with Crippen LogP contribution in [0, 0.1) is 6.92 Å². The van der Waals surface area contributed by atoms with Crippen molar-refractivity contribution in [2.45, 2.75) is 31.2 Å². The van der Waals surface area contributed by atoms with E-state index in [-0.39, 0.29) is 11.4 Å². The highest BCUT2D eigenvalue weighted by molar-refractivity contribution is 7.89. The fourth-order valence-corrected chi connectivity index (χ4v) is 3.45. The van der Waals surface area contributed by atoms with Gasteiger partial charge in [-0.3, -0.25) is 5.10 Å². The van der Waals surface area contributed by atoms with Crippen molar-refractivity contribution in [3.05, 3.63) is 41.2 Å². The summed E-state index contributed by atoms with van der Waals surface area (Å²) in [4.78, 5) is 0.289. The van der Waals surface area contributed by atoms with Crippen molar-refractivity contribution in [3.63, 3.8) is 0 Å². The van der Waals surface area contributed by atoms with Gasteiger partial charge in [0, 0.05) is 30.0 Å². The molecule has 2 heterocycles. The molecule has 1 aliphatic heterocycles. The van der Waals surface area contributed by atoms with Crippen molar-refractivity contribution in [1.29, 1.82) is 0 Å². The number of anilines is 1. The molecule has 0 amide bonds. The van der Waals surface area contributed by atoms with Gasteiger partial charge in [-0.05, 0) is 37.5 Å². The van der Waals surface area contributed by atoms with E-state index in [1.165, 1.54) is 5.56 Å². The molecule has 0 saturated carbocycles. The Kier molecular flexibility index (Phi) is 3.69. The first-order valence-corrected chi connectivity index (χ1v) is 8.40. The maximum Gasteiger partial charge on any atom is 0.240 e. The summed E-state index contributed by atoms with van der Waals surface area (Å²) in [5, 5.41) is 9.92. The van der Waals surface area contributed by atoms with Gasteiger partial charge in [-0.1, -0.05) is 6.07 Å². The molecule has 1 aromatic heterocycles. The molecule has 0 bridgehead atoms. The molecule has 0 unspecified atom stereocenters. The maximum atomic E-state index is 12.4. The fraction of sp³-hybridized carbons (Fsp3) is 0.357. The van der Waals surface area contributed by atoms with E-state index in [0.29, 0.717) is 0 Å². The minimum atomic E-state index is -3.52. The van der Waals surface area contributed by atoms with Gasteiger partial charge in [-0.15, -0.1) is 0 Å². The third kappa shape index (κ3) is 2.93. The highest BCUT2D eigenvalue weighted by Gasteiger charge is 2.17. The third-order valence-electron chi connectivity index (χ3n) is 3.72. The SMILES string of the molecule is Cc1[nH]ncc1CNS(=O)(=O)c1ccc2c(c1)NCCC2. The Labute approximate surface area is 124 Å². The van der Waals surface area contributed by atoms with E-state index in [2.05, 4.69) is 20.2 Å². The zero-order valence-electron chi connectivity index (χ0n) is 11.8. The smallest absolute Gasteiger partial charge is 0.240 e. The van der Waals surface area contributed by atoms with Gasteiger partial charge in [0.2, 0.25) is 10.0 Å². The fourth-order valence-electron chi connectivity index (χ4n) is 2.42. The maximum absolute atomic E-state index is 12.4. The average Bonchev–Trinajstić information content (AvgIpc) is 2.90. The zero-order valence-corrected chi connectivity index (χ0v) is 12.6. The highest BCUT2D eigenvalue weighted by atomic mass is 32.2. The predicted octanol–water partition coefficient (Wildman–Crippen LogP) is 1.55. The summed E-state index contributed by atoms with van der Waals surface area (Å²) < 4.78 is 27.3.